The molecule has 1 rings (SSSR count). The Hall–Kier alpha value is -1.52. The molecular formula is C10H7ClF3NO2. The molecule has 0 saturated carbocycles. The van der Waals surface area contributed by atoms with Crippen molar-refractivity contribution >= 4 is 17.7 Å². The first-order valence-electron chi connectivity index (χ1n) is 4.37. The van der Waals surface area contributed by atoms with E-state index in [4.69, 9.17) is 16.3 Å². The van der Waals surface area contributed by atoms with Gasteiger partial charge in [0.2, 0.25) is 6.08 Å². The molecule has 0 bridgehead atoms. The number of benzene rings is 1. The topological polar surface area (TPSA) is 38.7 Å². The first-order chi connectivity index (χ1) is 7.90. The van der Waals surface area contributed by atoms with E-state index in [9.17, 15) is 18.0 Å². The van der Waals surface area contributed by atoms with Crippen LogP contribution in [0.15, 0.2) is 17.1 Å². The normalized spacial score (nSPS) is 10.9. The van der Waals surface area contributed by atoms with E-state index in [0.717, 1.165) is 12.1 Å². The van der Waals surface area contributed by atoms with Crippen LogP contribution in [0, 0.1) is 0 Å². The van der Waals surface area contributed by atoms with Crippen LogP contribution in [0.25, 0.3) is 0 Å². The van der Waals surface area contributed by atoms with Gasteiger partial charge in [0.05, 0.1) is 24.2 Å². The maximum Gasteiger partial charge on any atom is 0.416 e. The molecule has 0 aliphatic heterocycles. The van der Waals surface area contributed by atoms with Gasteiger partial charge in [-0.1, -0.05) is 11.6 Å². The van der Waals surface area contributed by atoms with Gasteiger partial charge in [0.25, 0.3) is 0 Å². The largest absolute Gasteiger partial charge is 0.495 e. The van der Waals surface area contributed by atoms with E-state index in [2.05, 4.69) is 4.99 Å². The average molecular weight is 266 g/mol. The molecule has 0 atom stereocenters. The summed E-state index contributed by atoms with van der Waals surface area (Å²) in [7, 11) is 1.27. The van der Waals surface area contributed by atoms with Gasteiger partial charge in [-0.15, -0.1) is 0 Å². The van der Waals surface area contributed by atoms with Gasteiger partial charge >= 0.3 is 6.18 Å². The third-order valence-electron chi connectivity index (χ3n) is 1.97. The Balaban J connectivity index is 3.33. The monoisotopic (exact) mass is 265 g/mol. The van der Waals surface area contributed by atoms with Crippen molar-refractivity contribution in [3.63, 3.8) is 0 Å². The molecule has 0 aliphatic carbocycles. The SMILES string of the molecule is COc1c(Cl)cc(C(F)(F)F)cc1CN=C=O. The molecule has 0 saturated heterocycles. The Kier molecular flexibility index (Phi) is 4.15. The predicted molar refractivity (Wildman–Crippen MR) is 54.8 cm³/mol. The molecule has 0 unspecified atom stereocenters. The zero-order valence-electron chi connectivity index (χ0n) is 8.64. The van der Waals surface area contributed by atoms with E-state index in [0.29, 0.717) is 0 Å². The van der Waals surface area contributed by atoms with Gasteiger partial charge in [0.15, 0.2) is 0 Å². The van der Waals surface area contributed by atoms with Crippen molar-refractivity contribution in [1.29, 1.82) is 0 Å². The minimum Gasteiger partial charge on any atom is -0.495 e. The maximum absolute atomic E-state index is 12.5. The molecule has 0 fully saturated rings. The van der Waals surface area contributed by atoms with Crippen LogP contribution in [0.1, 0.15) is 11.1 Å². The molecule has 0 aliphatic rings. The van der Waals surface area contributed by atoms with Crippen LogP contribution in [-0.4, -0.2) is 13.2 Å². The molecule has 17 heavy (non-hydrogen) atoms. The summed E-state index contributed by atoms with van der Waals surface area (Å²) in [6.45, 7) is -0.268. The van der Waals surface area contributed by atoms with Gasteiger partial charge in [-0.3, -0.25) is 0 Å². The maximum atomic E-state index is 12.5. The van der Waals surface area contributed by atoms with Gasteiger partial charge in [-0.2, -0.15) is 13.2 Å². The lowest BCUT2D eigenvalue weighted by atomic mass is 10.1. The highest BCUT2D eigenvalue weighted by Gasteiger charge is 2.32. The smallest absolute Gasteiger partial charge is 0.416 e. The van der Waals surface area contributed by atoms with Crippen molar-refractivity contribution in [2.45, 2.75) is 12.7 Å². The van der Waals surface area contributed by atoms with Crippen LogP contribution in [-0.2, 0) is 17.5 Å². The summed E-state index contributed by atoms with van der Waals surface area (Å²) in [5.41, 5.74) is -0.838. The Morgan fingerprint density at radius 2 is 2.12 bits per heavy atom. The highest BCUT2D eigenvalue weighted by atomic mass is 35.5. The molecule has 0 aromatic heterocycles. The lowest BCUT2D eigenvalue weighted by Gasteiger charge is -2.13. The summed E-state index contributed by atoms with van der Waals surface area (Å²) >= 11 is 5.65. The average Bonchev–Trinajstić information content (AvgIpc) is 2.24. The second kappa shape index (κ2) is 5.21. The van der Waals surface area contributed by atoms with Crippen molar-refractivity contribution in [2.75, 3.05) is 7.11 Å². The molecule has 3 nitrogen and oxygen atoms in total. The summed E-state index contributed by atoms with van der Waals surface area (Å²) in [4.78, 5) is 13.2. The van der Waals surface area contributed by atoms with Crippen LogP contribution in [0.2, 0.25) is 5.02 Å². The number of rotatable bonds is 3. The van der Waals surface area contributed by atoms with E-state index in [-0.39, 0.29) is 22.9 Å². The van der Waals surface area contributed by atoms with E-state index in [1.807, 2.05) is 0 Å². The molecule has 0 amide bonds. The van der Waals surface area contributed by atoms with Gasteiger partial charge in [0, 0.05) is 5.56 Å². The number of carbonyl (C=O) groups excluding carboxylic acids is 1. The fourth-order valence-electron chi connectivity index (χ4n) is 1.28. The van der Waals surface area contributed by atoms with Gasteiger partial charge < -0.3 is 4.74 Å². The molecule has 0 N–H and O–H groups in total. The number of ether oxygens (including phenoxy) is 1. The fourth-order valence-corrected chi connectivity index (χ4v) is 1.59. The van der Waals surface area contributed by atoms with Crippen molar-refractivity contribution in [2.24, 2.45) is 4.99 Å². The second-order valence-electron chi connectivity index (χ2n) is 3.06. The number of methoxy groups -OCH3 is 1. The van der Waals surface area contributed by atoms with E-state index < -0.39 is 11.7 Å². The Labute approximate surface area is 99.9 Å². The lowest BCUT2D eigenvalue weighted by molar-refractivity contribution is -0.137. The Bertz CT molecular complexity index is 467. The highest BCUT2D eigenvalue weighted by Crippen LogP contribution is 2.37. The number of aliphatic imine (C=N–C) groups is 1. The minimum atomic E-state index is -4.52. The number of hydrogen-bond acceptors (Lipinski definition) is 3. The number of alkyl halides is 3. The Morgan fingerprint density at radius 1 is 1.47 bits per heavy atom. The quantitative estimate of drug-likeness (QED) is 0.622. The molecule has 92 valence electrons. The van der Waals surface area contributed by atoms with Crippen LogP contribution in [0.3, 0.4) is 0 Å². The third kappa shape index (κ3) is 3.22. The molecular weight excluding hydrogens is 259 g/mol. The van der Waals surface area contributed by atoms with Crippen molar-refractivity contribution in [3.8, 4) is 5.75 Å². The summed E-state index contributed by atoms with van der Waals surface area (Å²) < 4.78 is 42.3. The number of nitrogens with zero attached hydrogens (tertiary/aromatic N) is 1. The highest BCUT2D eigenvalue weighted by molar-refractivity contribution is 6.32. The zero-order valence-corrected chi connectivity index (χ0v) is 9.39. The van der Waals surface area contributed by atoms with E-state index in [1.54, 1.807) is 0 Å². The van der Waals surface area contributed by atoms with Crippen LogP contribution in [0.5, 0.6) is 5.75 Å². The standard InChI is InChI=1S/C10H7ClF3NO2/c1-17-9-6(4-15-5-16)2-7(3-8(9)11)10(12,13)14/h2-3H,4H2,1H3. The fraction of sp³-hybridized carbons (Fsp3) is 0.300. The molecule has 1 aromatic rings. The summed E-state index contributed by atoms with van der Waals surface area (Å²) in [6, 6.07) is 1.60. The molecule has 0 heterocycles. The van der Waals surface area contributed by atoms with Crippen molar-refractivity contribution < 1.29 is 22.7 Å². The first kappa shape index (κ1) is 13.5. The summed E-state index contributed by atoms with van der Waals surface area (Å²) in [5, 5.41) is -0.182. The summed E-state index contributed by atoms with van der Waals surface area (Å²) in [5.74, 6) is 0.0682. The van der Waals surface area contributed by atoms with Gasteiger partial charge in [0.1, 0.15) is 5.75 Å². The Morgan fingerprint density at radius 3 is 2.59 bits per heavy atom. The molecule has 0 spiro atoms. The zero-order chi connectivity index (χ0) is 13.1. The van der Waals surface area contributed by atoms with Gasteiger partial charge in [-0.05, 0) is 12.1 Å². The number of isocyanates is 1. The van der Waals surface area contributed by atoms with Crippen LogP contribution < -0.4 is 4.74 Å². The molecule has 0 radical (unpaired) electrons. The lowest BCUT2D eigenvalue weighted by Crippen LogP contribution is -2.06. The minimum absolute atomic E-state index is 0.0682. The first-order valence-corrected chi connectivity index (χ1v) is 4.75. The van der Waals surface area contributed by atoms with Crippen LogP contribution in [0.4, 0.5) is 13.2 Å². The number of hydrogen-bond donors (Lipinski definition) is 0. The molecule has 1 aromatic carbocycles. The predicted octanol–water partition coefficient (Wildman–Crippen LogP) is 3.20. The number of halogens is 4. The van der Waals surface area contributed by atoms with Crippen molar-refractivity contribution in [1.82, 2.24) is 0 Å². The molecule has 7 heteroatoms. The van der Waals surface area contributed by atoms with Gasteiger partial charge in [-0.25, -0.2) is 9.79 Å². The van der Waals surface area contributed by atoms with Crippen molar-refractivity contribution in [3.05, 3.63) is 28.3 Å². The van der Waals surface area contributed by atoms with Crippen LogP contribution >= 0.6 is 11.6 Å². The summed E-state index contributed by atoms with van der Waals surface area (Å²) in [6.07, 6.45) is -3.28. The van der Waals surface area contributed by atoms with E-state index >= 15 is 0 Å². The third-order valence-corrected chi connectivity index (χ3v) is 2.25. The second-order valence-corrected chi connectivity index (χ2v) is 3.46. The van der Waals surface area contributed by atoms with E-state index in [1.165, 1.54) is 13.2 Å².